The number of halogens is 3. The van der Waals surface area contributed by atoms with Gasteiger partial charge < -0.3 is 29.2 Å². The lowest BCUT2D eigenvalue weighted by Crippen LogP contribution is -2.66. The predicted molar refractivity (Wildman–Crippen MR) is 143 cm³/mol. The Balaban J connectivity index is 0.000000646. The second-order valence-corrected chi connectivity index (χ2v) is 10.4. The van der Waals surface area contributed by atoms with Gasteiger partial charge in [0.05, 0.1) is 19.7 Å². The molecule has 3 saturated heterocycles. The second-order valence-electron chi connectivity index (χ2n) is 10.4. The average Bonchev–Trinajstić information content (AvgIpc) is 2.97. The number of ketones is 1. The van der Waals surface area contributed by atoms with Crippen molar-refractivity contribution in [1.29, 1.82) is 0 Å². The number of esters is 2. The van der Waals surface area contributed by atoms with Crippen molar-refractivity contribution in [2.24, 2.45) is 5.92 Å². The van der Waals surface area contributed by atoms with E-state index in [0.717, 1.165) is 25.9 Å². The molecule has 3 aliphatic rings. The number of carboxylic acid groups (broad SMARTS) is 1. The largest absolute Gasteiger partial charge is 0.542 e. The summed E-state index contributed by atoms with van der Waals surface area (Å²) in [5.41, 5.74) is 1.27. The summed E-state index contributed by atoms with van der Waals surface area (Å²) in [6.07, 6.45) is -4.24. The number of piperidine rings is 3. The Kier molecular flexibility index (Phi) is 11.4. The zero-order chi connectivity index (χ0) is 31.6. The molecule has 2 aromatic carbocycles. The number of amides is 1. The van der Waals surface area contributed by atoms with Crippen molar-refractivity contribution in [3.8, 4) is 0 Å². The van der Waals surface area contributed by atoms with Gasteiger partial charge in [-0.3, -0.25) is 14.4 Å². The topological polar surface area (TPSA) is 139 Å². The molecule has 0 radical (unpaired) electrons. The highest BCUT2D eigenvalue weighted by atomic mass is 19.4. The first-order chi connectivity index (χ1) is 20.3. The number of aliphatic carboxylic acids is 1. The summed E-state index contributed by atoms with van der Waals surface area (Å²) < 4.78 is 43.0. The van der Waals surface area contributed by atoms with Crippen LogP contribution >= 0.6 is 0 Å². The number of quaternary nitrogens is 1. The summed E-state index contributed by atoms with van der Waals surface area (Å²) in [6, 6.07) is 17.1. The fraction of sp³-hybridized carbons (Fsp3) is 0.433. The van der Waals surface area contributed by atoms with E-state index < -0.39 is 42.5 Å². The van der Waals surface area contributed by atoms with Gasteiger partial charge in [0.1, 0.15) is 25.5 Å². The maximum absolute atomic E-state index is 13.4. The number of fused-ring (bicyclic) bond motifs is 3. The van der Waals surface area contributed by atoms with Crippen LogP contribution in [0.5, 0.6) is 0 Å². The summed E-state index contributed by atoms with van der Waals surface area (Å²) >= 11 is 0. The molecule has 3 heterocycles. The summed E-state index contributed by atoms with van der Waals surface area (Å²) in [5.74, 6) is -4.51. The van der Waals surface area contributed by atoms with Crippen LogP contribution in [0.15, 0.2) is 60.7 Å². The Morgan fingerprint density at radius 1 is 0.977 bits per heavy atom. The fourth-order valence-electron chi connectivity index (χ4n) is 5.29. The number of ether oxygens (including phenoxy) is 2. The van der Waals surface area contributed by atoms with E-state index in [9.17, 15) is 32.3 Å². The van der Waals surface area contributed by atoms with Gasteiger partial charge in [-0.25, -0.2) is 4.79 Å². The molecule has 2 bridgehead atoms. The predicted octanol–water partition coefficient (Wildman–Crippen LogP) is 2.13. The SMILES string of the molecule is CCOC(=O)CC(=O)NC(C(=O)O[C@H]1C[N+]2(CC(=O)c3ccccc3)CCC1CC2)c1ccccc1.O=C([O-])C(F)(F)F. The van der Waals surface area contributed by atoms with Crippen LogP contribution in [-0.2, 0) is 28.7 Å². The van der Waals surface area contributed by atoms with Gasteiger partial charge in [0.25, 0.3) is 0 Å². The van der Waals surface area contributed by atoms with E-state index in [1.165, 1.54) is 0 Å². The second kappa shape index (κ2) is 14.8. The molecule has 43 heavy (non-hydrogen) atoms. The van der Waals surface area contributed by atoms with Crippen LogP contribution in [0.4, 0.5) is 13.2 Å². The van der Waals surface area contributed by atoms with E-state index >= 15 is 0 Å². The van der Waals surface area contributed by atoms with Crippen molar-refractivity contribution < 1.29 is 56.2 Å². The standard InChI is InChI=1S/C28H32N2O6.C2HF3O2/c1-2-35-26(33)17-25(32)29-27(22-11-7-4-8-12-22)28(34)36-24-19-30(15-13-21(24)14-16-30)18-23(31)20-9-5-3-6-10-20;3-2(4,5)1(6)7/h3-12,21,24,27H,2,13-19H2,1H3;(H,6,7)/t21?,24-,27?,30?;/m0./s1. The highest BCUT2D eigenvalue weighted by molar-refractivity contribution is 5.97. The molecule has 10 nitrogen and oxygen atoms in total. The van der Waals surface area contributed by atoms with Gasteiger partial charge in [-0.05, 0) is 12.5 Å². The number of rotatable bonds is 10. The zero-order valence-electron chi connectivity index (χ0n) is 23.5. The first-order valence-corrected chi connectivity index (χ1v) is 13.8. The van der Waals surface area contributed by atoms with E-state index in [1.54, 1.807) is 31.2 Å². The van der Waals surface area contributed by atoms with Crippen molar-refractivity contribution >= 4 is 29.6 Å². The van der Waals surface area contributed by atoms with Gasteiger partial charge in [-0.15, -0.1) is 0 Å². The lowest BCUT2D eigenvalue weighted by molar-refractivity contribution is -0.938. The molecule has 13 heteroatoms. The van der Waals surface area contributed by atoms with Gasteiger partial charge in [0, 0.05) is 24.3 Å². The summed E-state index contributed by atoms with van der Waals surface area (Å²) in [7, 11) is 0. The van der Waals surface area contributed by atoms with Crippen molar-refractivity contribution in [3.63, 3.8) is 0 Å². The van der Waals surface area contributed by atoms with E-state index in [4.69, 9.17) is 19.4 Å². The van der Waals surface area contributed by atoms with Crippen LogP contribution < -0.4 is 10.4 Å². The number of benzene rings is 2. The zero-order valence-corrected chi connectivity index (χ0v) is 23.5. The Morgan fingerprint density at radius 3 is 2.07 bits per heavy atom. The highest BCUT2D eigenvalue weighted by Gasteiger charge is 2.49. The minimum absolute atomic E-state index is 0.0921. The molecule has 0 saturated carbocycles. The van der Waals surface area contributed by atoms with E-state index in [0.29, 0.717) is 28.7 Å². The molecular weight excluding hydrogens is 573 g/mol. The maximum atomic E-state index is 13.4. The molecule has 2 aromatic rings. The molecule has 2 atom stereocenters. The number of Topliss-reactive ketones (excluding diaryl/α,β-unsaturated/α-hetero) is 1. The van der Waals surface area contributed by atoms with Crippen LogP contribution in [0.1, 0.15) is 48.1 Å². The van der Waals surface area contributed by atoms with Crippen molar-refractivity contribution in [2.75, 3.05) is 32.8 Å². The molecule has 0 aliphatic carbocycles. The highest BCUT2D eigenvalue weighted by Crippen LogP contribution is 2.36. The van der Waals surface area contributed by atoms with Crippen LogP contribution in [0.3, 0.4) is 0 Å². The summed E-state index contributed by atoms with van der Waals surface area (Å²) in [6.45, 7) is 4.56. The molecule has 232 valence electrons. The smallest absolute Gasteiger partial charge is 0.430 e. The summed E-state index contributed by atoms with van der Waals surface area (Å²) in [5, 5.41) is 11.4. The quantitative estimate of drug-likeness (QED) is 0.188. The van der Waals surface area contributed by atoms with Crippen LogP contribution in [0.25, 0.3) is 0 Å². The lowest BCUT2D eigenvalue weighted by atomic mass is 9.82. The molecular formula is C30H33F3N2O8. The number of nitrogens with one attached hydrogen (secondary N) is 1. The molecule has 5 rings (SSSR count). The minimum Gasteiger partial charge on any atom is -0.542 e. The maximum Gasteiger partial charge on any atom is 0.430 e. The summed E-state index contributed by atoms with van der Waals surface area (Å²) in [4.78, 5) is 59.3. The molecule has 1 N–H and O–H groups in total. The number of carboxylic acids is 1. The fourth-order valence-corrected chi connectivity index (χ4v) is 5.29. The minimum atomic E-state index is -5.19. The third kappa shape index (κ3) is 9.63. The molecule has 0 spiro atoms. The first-order valence-electron chi connectivity index (χ1n) is 13.8. The Morgan fingerprint density at radius 2 is 1.53 bits per heavy atom. The van der Waals surface area contributed by atoms with Crippen LogP contribution in [0.2, 0.25) is 0 Å². The number of carbonyl (C=O) groups excluding carboxylic acids is 5. The molecule has 0 aromatic heterocycles. The monoisotopic (exact) mass is 606 g/mol. The van der Waals surface area contributed by atoms with E-state index in [1.807, 2.05) is 36.4 Å². The van der Waals surface area contributed by atoms with Crippen molar-refractivity contribution in [2.45, 2.75) is 44.5 Å². The Bertz CT molecular complexity index is 1280. The number of nitrogens with zero attached hydrogens (tertiary/aromatic N) is 1. The number of hydrogen-bond donors (Lipinski definition) is 1. The van der Waals surface area contributed by atoms with Gasteiger partial charge in [0.15, 0.2) is 12.1 Å². The van der Waals surface area contributed by atoms with Crippen LogP contribution in [-0.4, -0.2) is 79.1 Å². The molecule has 3 aliphatic heterocycles. The number of carbonyl (C=O) groups is 5. The molecule has 1 unspecified atom stereocenters. The normalized spacial score (nSPS) is 21.4. The van der Waals surface area contributed by atoms with Gasteiger partial charge in [-0.1, -0.05) is 60.7 Å². The third-order valence-electron chi connectivity index (χ3n) is 7.40. The first kappa shape index (κ1) is 33.2. The third-order valence-corrected chi connectivity index (χ3v) is 7.40. The van der Waals surface area contributed by atoms with Crippen molar-refractivity contribution in [3.05, 3.63) is 71.8 Å². The molecule has 3 fully saturated rings. The van der Waals surface area contributed by atoms with Crippen molar-refractivity contribution in [1.82, 2.24) is 5.32 Å². The Hall–Kier alpha value is -4.26. The van der Waals surface area contributed by atoms with E-state index in [2.05, 4.69) is 5.32 Å². The molecule has 1 amide bonds. The number of hydrogen-bond acceptors (Lipinski definition) is 8. The van der Waals surface area contributed by atoms with Gasteiger partial charge >= 0.3 is 18.1 Å². The van der Waals surface area contributed by atoms with Gasteiger partial charge in [0.2, 0.25) is 11.7 Å². The van der Waals surface area contributed by atoms with E-state index in [-0.39, 0.29) is 24.4 Å². The number of alkyl halides is 3. The lowest BCUT2D eigenvalue weighted by Gasteiger charge is -2.51. The average molecular weight is 607 g/mol. The van der Waals surface area contributed by atoms with Gasteiger partial charge in [-0.2, -0.15) is 13.2 Å². The Labute approximate surface area is 246 Å². The van der Waals surface area contributed by atoms with Crippen LogP contribution in [0, 0.1) is 5.92 Å².